The number of phenols is 1. The highest BCUT2D eigenvalue weighted by molar-refractivity contribution is 7.80. The first-order valence-corrected chi connectivity index (χ1v) is 13.7. The topological polar surface area (TPSA) is 134 Å². The van der Waals surface area contributed by atoms with Crippen molar-refractivity contribution in [1.82, 2.24) is 15.5 Å². The Bertz CT molecular complexity index is 903. The lowest BCUT2D eigenvalue weighted by Gasteiger charge is -2.34. The number of alkyl carbamates (subject to hydrolysis) is 1. The first-order valence-electron chi connectivity index (χ1n) is 13.1. The summed E-state index contributed by atoms with van der Waals surface area (Å²) in [6.45, 7) is 9.41. The average Bonchev–Trinajstić information content (AvgIpc) is 2.84. The second-order valence-electron chi connectivity index (χ2n) is 9.81. The van der Waals surface area contributed by atoms with Crippen LogP contribution >= 0.6 is 12.6 Å². The van der Waals surface area contributed by atoms with Crippen LogP contribution in [0.25, 0.3) is 0 Å². The van der Waals surface area contributed by atoms with E-state index in [1.165, 1.54) is 17.0 Å². The molecule has 1 rings (SSSR count). The number of phenolic OH excluding ortho intramolecular Hbond substituents is 1. The Hall–Kier alpha value is -2.95. The Kier molecular flexibility index (Phi) is 14.6. The summed E-state index contributed by atoms with van der Waals surface area (Å²) in [4.78, 5) is 52.9. The zero-order valence-electron chi connectivity index (χ0n) is 23.1. The molecular formula is C27H43N3O7S. The molecule has 0 radical (unpaired) electrons. The van der Waals surface area contributed by atoms with Crippen LogP contribution in [0.15, 0.2) is 24.3 Å². The number of nitrogens with zero attached hydrogens (tertiary/aromatic N) is 1. The predicted molar refractivity (Wildman–Crippen MR) is 148 cm³/mol. The van der Waals surface area contributed by atoms with Gasteiger partial charge in [-0.3, -0.25) is 14.4 Å². The molecule has 0 aliphatic rings. The standard InChI is InChI=1S/C27H43N3O7S/c1-6-8-9-10-17-30(25(34)21(18-38)29-26(35)37-27(3,4)5)23(19-11-13-20(31)14-12-19)24(33)28-16-15-22(32)36-7-2/h11-14,21,23,31,38H,6-10,15-18H2,1-5H3,(H,28,33)(H,29,35). The van der Waals surface area contributed by atoms with E-state index >= 15 is 0 Å². The number of ether oxygens (including phenoxy) is 2. The van der Waals surface area contributed by atoms with Gasteiger partial charge in [-0.25, -0.2) is 4.79 Å². The van der Waals surface area contributed by atoms with Gasteiger partial charge in [0.1, 0.15) is 23.4 Å². The van der Waals surface area contributed by atoms with Gasteiger partial charge in [0.2, 0.25) is 11.8 Å². The molecule has 1 aromatic carbocycles. The molecule has 1 aromatic rings. The maximum Gasteiger partial charge on any atom is 0.408 e. The first-order chi connectivity index (χ1) is 17.9. The SMILES string of the molecule is CCCCCCN(C(=O)C(CS)NC(=O)OC(C)(C)C)C(C(=O)NCCC(=O)OCC)c1ccc(O)cc1. The third-order valence-electron chi connectivity index (χ3n) is 5.41. The summed E-state index contributed by atoms with van der Waals surface area (Å²) in [6, 6.07) is 3.87. The minimum absolute atomic E-state index is 0.0101. The zero-order chi connectivity index (χ0) is 28.7. The summed E-state index contributed by atoms with van der Waals surface area (Å²) < 4.78 is 10.2. The van der Waals surface area contributed by atoms with E-state index in [0.29, 0.717) is 12.0 Å². The van der Waals surface area contributed by atoms with Gasteiger partial charge in [-0.2, -0.15) is 12.6 Å². The number of aromatic hydroxyl groups is 1. The van der Waals surface area contributed by atoms with E-state index in [1.54, 1.807) is 39.8 Å². The second-order valence-corrected chi connectivity index (χ2v) is 10.2. The Morgan fingerprint density at radius 1 is 1.05 bits per heavy atom. The summed E-state index contributed by atoms with van der Waals surface area (Å²) in [5, 5.41) is 15.1. The molecule has 0 saturated carbocycles. The molecule has 0 spiro atoms. The largest absolute Gasteiger partial charge is 0.508 e. The molecule has 2 unspecified atom stereocenters. The quantitative estimate of drug-likeness (QED) is 0.148. The number of carbonyl (C=O) groups excluding carboxylic acids is 4. The molecule has 0 aromatic heterocycles. The minimum atomic E-state index is -1.07. The lowest BCUT2D eigenvalue weighted by atomic mass is 10.0. The lowest BCUT2D eigenvalue weighted by Crippen LogP contribution is -2.54. The molecular weight excluding hydrogens is 510 g/mol. The number of hydrogen-bond acceptors (Lipinski definition) is 8. The molecule has 38 heavy (non-hydrogen) atoms. The van der Waals surface area contributed by atoms with Crippen molar-refractivity contribution in [2.24, 2.45) is 0 Å². The Morgan fingerprint density at radius 3 is 2.26 bits per heavy atom. The van der Waals surface area contributed by atoms with E-state index in [0.717, 1.165) is 19.3 Å². The summed E-state index contributed by atoms with van der Waals surface area (Å²) in [5.41, 5.74) is -0.294. The summed E-state index contributed by atoms with van der Waals surface area (Å²) in [5.74, 6) is -1.45. The van der Waals surface area contributed by atoms with Gasteiger partial charge in [0.05, 0.1) is 13.0 Å². The van der Waals surface area contributed by atoms with Gasteiger partial charge < -0.3 is 30.1 Å². The van der Waals surface area contributed by atoms with Crippen LogP contribution in [-0.4, -0.2) is 71.0 Å². The third kappa shape index (κ3) is 12.1. The smallest absolute Gasteiger partial charge is 0.408 e. The molecule has 10 nitrogen and oxygen atoms in total. The zero-order valence-corrected chi connectivity index (χ0v) is 24.0. The number of benzene rings is 1. The van der Waals surface area contributed by atoms with E-state index < -0.39 is 41.6 Å². The number of carbonyl (C=O) groups is 4. The van der Waals surface area contributed by atoms with Crippen LogP contribution in [0.5, 0.6) is 5.75 Å². The number of hydrogen-bond donors (Lipinski definition) is 4. The van der Waals surface area contributed by atoms with Gasteiger partial charge in [-0.15, -0.1) is 0 Å². The molecule has 3 amide bonds. The normalized spacial score (nSPS) is 12.7. The molecule has 0 saturated heterocycles. The number of rotatable bonds is 15. The van der Waals surface area contributed by atoms with Crippen molar-refractivity contribution in [2.75, 3.05) is 25.4 Å². The van der Waals surface area contributed by atoms with Crippen molar-refractivity contribution in [1.29, 1.82) is 0 Å². The number of nitrogens with one attached hydrogen (secondary N) is 2. The van der Waals surface area contributed by atoms with Crippen LogP contribution in [0.4, 0.5) is 4.79 Å². The molecule has 0 aliphatic heterocycles. The minimum Gasteiger partial charge on any atom is -0.508 e. The summed E-state index contributed by atoms with van der Waals surface area (Å²) in [7, 11) is 0. The fourth-order valence-corrected chi connectivity index (χ4v) is 3.91. The van der Waals surface area contributed by atoms with Crippen LogP contribution in [0.1, 0.15) is 78.3 Å². The molecule has 214 valence electrons. The van der Waals surface area contributed by atoms with Crippen molar-refractivity contribution >= 4 is 36.5 Å². The van der Waals surface area contributed by atoms with Gasteiger partial charge in [-0.05, 0) is 51.8 Å². The van der Waals surface area contributed by atoms with Crippen molar-refractivity contribution in [3.8, 4) is 5.75 Å². The molecule has 3 N–H and O–H groups in total. The van der Waals surface area contributed by atoms with E-state index in [9.17, 15) is 24.3 Å². The third-order valence-corrected chi connectivity index (χ3v) is 5.77. The highest BCUT2D eigenvalue weighted by atomic mass is 32.1. The Balaban J connectivity index is 3.30. The maximum atomic E-state index is 13.8. The van der Waals surface area contributed by atoms with Gasteiger partial charge in [0.15, 0.2) is 0 Å². The number of thiol groups is 1. The molecule has 0 bridgehead atoms. The van der Waals surface area contributed by atoms with Crippen molar-refractivity contribution in [3.63, 3.8) is 0 Å². The van der Waals surface area contributed by atoms with Gasteiger partial charge >= 0.3 is 12.1 Å². The fraction of sp³-hybridized carbons (Fsp3) is 0.630. The Morgan fingerprint density at radius 2 is 1.71 bits per heavy atom. The molecule has 0 heterocycles. The number of amides is 3. The molecule has 11 heteroatoms. The van der Waals surface area contributed by atoms with Crippen molar-refractivity contribution in [3.05, 3.63) is 29.8 Å². The maximum absolute atomic E-state index is 13.8. The van der Waals surface area contributed by atoms with Gasteiger partial charge in [0.25, 0.3) is 0 Å². The Labute approximate surface area is 231 Å². The monoisotopic (exact) mass is 553 g/mol. The number of unbranched alkanes of at least 4 members (excludes halogenated alkanes) is 3. The fourth-order valence-electron chi connectivity index (χ4n) is 3.66. The predicted octanol–water partition coefficient (Wildman–Crippen LogP) is 3.73. The van der Waals surface area contributed by atoms with E-state index in [-0.39, 0.29) is 37.6 Å². The average molecular weight is 554 g/mol. The number of esters is 1. The van der Waals surface area contributed by atoms with E-state index in [2.05, 4.69) is 30.2 Å². The second kappa shape index (κ2) is 16.8. The molecule has 2 atom stereocenters. The van der Waals surface area contributed by atoms with Crippen LogP contribution in [0.3, 0.4) is 0 Å². The van der Waals surface area contributed by atoms with Crippen LogP contribution in [0.2, 0.25) is 0 Å². The van der Waals surface area contributed by atoms with Crippen molar-refractivity contribution < 1.29 is 33.8 Å². The van der Waals surface area contributed by atoms with Crippen LogP contribution in [0, 0.1) is 0 Å². The van der Waals surface area contributed by atoms with Gasteiger partial charge in [-0.1, -0.05) is 38.3 Å². The lowest BCUT2D eigenvalue weighted by molar-refractivity contribution is -0.144. The molecule has 0 fully saturated rings. The summed E-state index contributed by atoms with van der Waals surface area (Å²) >= 11 is 4.28. The molecule has 0 aliphatic carbocycles. The van der Waals surface area contributed by atoms with Crippen LogP contribution < -0.4 is 10.6 Å². The first kappa shape index (κ1) is 33.1. The van der Waals surface area contributed by atoms with Gasteiger partial charge in [0, 0.05) is 18.8 Å². The van der Waals surface area contributed by atoms with Crippen molar-refractivity contribution in [2.45, 2.75) is 84.4 Å². The van der Waals surface area contributed by atoms with Crippen LogP contribution in [-0.2, 0) is 23.9 Å². The highest BCUT2D eigenvalue weighted by Crippen LogP contribution is 2.25. The summed E-state index contributed by atoms with van der Waals surface area (Å²) in [6.07, 6.45) is 2.64. The van der Waals surface area contributed by atoms with E-state index in [4.69, 9.17) is 9.47 Å². The highest BCUT2D eigenvalue weighted by Gasteiger charge is 2.35. The van der Waals surface area contributed by atoms with E-state index in [1.807, 2.05) is 0 Å².